The molecule has 0 atom stereocenters. The van der Waals surface area contributed by atoms with Crippen molar-refractivity contribution in [3.63, 3.8) is 0 Å². The molecule has 4 aliphatic carbocycles. The van der Waals surface area contributed by atoms with E-state index in [2.05, 4.69) is 11.4 Å². The van der Waals surface area contributed by atoms with Crippen molar-refractivity contribution >= 4 is 46.2 Å². The third kappa shape index (κ3) is 5.12. The van der Waals surface area contributed by atoms with E-state index in [4.69, 9.17) is 12.2 Å². The molecule has 1 aromatic rings. The molecular formula is C27H32N2O2S2. The highest BCUT2D eigenvalue weighted by molar-refractivity contribution is 8.26. The topological polar surface area (TPSA) is 49.4 Å². The SMILES string of the molecule is CC(/C=C1\SC(=S)N(CCCC(=O)NC23CC4CC(CC(C4)C2)C3)C1=O)=C\c1ccccc1. The monoisotopic (exact) mass is 480 g/mol. The summed E-state index contributed by atoms with van der Waals surface area (Å²) in [6.45, 7) is 2.49. The highest BCUT2D eigenvalue weighted by Crippen LogP contribution is 2.55. The highest BCUT2D eigenvalue weighted by atomic mass is 32.2. The molecule has 5 fully saturated rings. The van der Waals surface area contributed by atoms with Crippen LogP contribution in [0.5, 0.6) is 0 Å². The van der Waals surface area contributed by atoms with E-state index >= 15 is 0 Å². The smallest absolute Gasteiger partial charge is 0.266 e. The van der Waals surface area contributed by atoms with Gasteiger partial charge in [0.05, 0.1) is 4.91 Å². The fraction of sp³-hybridized carbons (Fsp3) is 0.519. The summed E-state index contributed by atoms with van der Waals surface area (Å²) in [4.78, 5) is 28.0. The standard InChI is InChI=1S/C27H32N2O2S2/c1-18(10-19-6-3-2-4-7-19)11-23-25(31)29(26(32)33-23)9-5-8-24(30)28-27-15-20-12-21(16-27)14-22(13-20)17-27/h2-4,6-7,10-11,20-22H,5,8-9,12-17H2,1H3,(H,28,30)/b18-10+,23-11-. The highest BCUT2D eigenvalue weighted by Gasteiger charge is 2.51. The molecule has 1 heterocycles. The molecule has 1 aromatic carbocycles. The minimum absolute atomic E-state index is 0.0488. The van der Waals surface area contributed by atoms with Crippen LogP contribution in [0.2, 0.25) is 0 Å². The molecule has 0 radical (unpaired) electrons. The van der Waals surface area contributed by atoms with Crippen LogP contribution in [0.15, 0.2) is 46.9 Å². The Morgan fingerprint density at radius 2 is 1.79 bits per heavy atom. The molecule has 33 heavy (non-hydrogen) atoms. The van der Waals surface area contributed by atoms with Gasteiger partial charge in [-0.15, -0.1) is 0 Å². The van der Waals surface area contributed by atoms with Crippen molar-refractivity contribution in [2.45, 2.75) is 63.8 Å². The fourth-order valence-electron chi connectivity index (χ4n) is 6.77. The zero-order chi connectivity index (χ0) is 23.0. The van der Waals surface area contributed by atoms with Gasteiger partial charge in [-0.05, 0) is 86.8 Å². The van der Waals surface area contributed by atoms with Crippen molar-refractivity contribution in [2.24, 2.45) is 17.8 Å². The molecule has 4 nitrogen and oxygen atoms in total. The zero-order valence-electron chi connectivity index (χ0n) is 19.2. The summed E-state index contributed by atoms with van der Waals surface area (Å²) < 4.78 is 0.584. The lowest BCUT2D eigenvalue weighted by atomic mass is 9.53. The average Bonchev–Trinajstić information content (AvgIpc) is 3.00. The molecule has 1 aliphatic heterocycles. The Balaban J connectivity index is 1.13. The number of allylic oxidation sites excluding steroid dienone is 2. The van der Waals surface area contributed by atoms with E-state index in [0.29, 0.717) is 28.6 Å². The Labute approximate surface area is 206 Å². The number of amides is 2. The van der Waals surface area contributed by atoms with Crippen molar-refractivity contribution in [2.75, 3.05) is 6.54 Å². The largest absolute Gasteiger partial charge is 0.351 e. The number of hydrogen-bond donors (Lipinski definition) is 1. The summed E-state index contributed by atoms with van der Waals surface area (Å²) in [6, 6.07) is 10.1. The van der Waals surface area contributed by atoms with Crippen LogP contribution in [0.4, 0.5) is 0 Å². The fourth-order valence-corrected chi connectivity index (χ4v) is 8.13. The molecule has 2 amide bonds. The maximum absolute atomic E-state index is 12.9. The lowest BCUT2D eigenvalue weighted by molar-refractivity contribution is -0.127. The van der Waals surface area contributed by atoms with Crippen LogP contribution in [0.3, 0.4) is 0 Å². The van der Waals surface area contributed by atoms with Gasteiger partial charge >= 0.3 is 0 Å². The Kier molecular flexibility index (Phi) is 6.49. The zero-order valence-corrected chi connectivity index (χ0v) is 20.9. The summed E-state index contributed by atoms with van der Waals surface area (Å²) in [6.07, 6.45) is 12.7. The molecule has 1 saturated heterocycles. The number of carbonyl (C=O) groups excluding carboxylic acids is 2. The van der Waals surface area contributed by atoms with Crippen LogP contribution in [-0.4, -0.2) is 33.1 Å². The number of carbonyl (C=O) groups is 2. The maximum Gasteiger partial charge on any atom is 0.266 e. The van der Waals surface area contributed by atoms with Crippen LogP contribution in [0.25, 0.3) is 6.08 Å². The van der Waals surface area contributed by atoms with Crippen LogP contribution in [0.1, 0.15) is 63.9 Å². The Hall–Kier alpha value is -1.92. The number of benzene rings is 1. The molecule has 6 rings (SSSR count). The van der Waals surface area contributed by atoms with Gasteiger partial charge in [0.2, 0.25) is 5.91 Å². The second-order valence-electron chi connectivity index (χ2n) is 10.5. The first-order valence-electron chi connectivity index (χ1n) is 12.2. The van der Waals surface area contributed by atoms with E-state index in [9.17, 15) is 9.59 Å². The number of thioether (sulfide) groups is 1. The van der Waals surface area contributed by atoms with E-state index in [0.717, 1.165) is 28.9 Å². The summed E-state index contributed by atoms with van der Waals surface area (Å²) in [5.74, 6) is 2.54. The number of nitrogens with zero attached hydrogens (tertiary/aromatic N) is 1. The van der Waals surface area contributed by atoms with Gasteiger partial charge in [0, 0.05) is 18.5 Å². The van der Waals surface area contributed by atoms with E-state index in [-0.39, 0.29) is 17.4 Å². The number of nitrogens with one attached hydrogen (secondary N) is 1. The van der Waals surface area contributed by atoms with E-state index in [1.807, 2.05) is 43.3 Å². The lowest BCUT2D eigenvalue weighted by Crippen LogP contribution is -2.59. The lowest BCUT2D eigenvalue weighted by Gasteiger charge is -2.56. The molecule has 5 aliphatic rings. The van der Waals surface area contributed by atoms with Crippen molar-refractivity contribution < 1.29 is 9.59 Å². The Morgan fingerprint density at radius 3 is 2.42 bits per heavy atom. The van der Waals surface area contributed by atoms with Crippen molar-refractivity contribution in [3.05, 3.63) is 52.4 Å². The predicted octanol–water partition coefficient (Wildman–Crippen LogP) is 5.70. The number of hydrogen-bond acceptors (Lipinski definition) is 4. The summed E-state index contributed by atoms with van der Waals surface area (Å²) in [5.41, 5.74) is 2.17. The van der Waals surface area contributed by atoms with Crippen molar-refractivity contribution in [1.29, 1.82) is 0 Å². The second kappa shape index (κ2) is 9.38. The number of thiocarbonyl (C=S) groups is 1. The molecule has 4 bridgehead atoms. The third-order valence-corrected chi connectivity index (χ3v) is 9.03. The minimum Gasteiger partial charge on any atom is -0.351 e. The van der Waals surface area contributed by atoms with Crippen molar-refractivity contribution in [3.8, 4) is 0 Å². The predicted molar refractivity (Wildman–Crippen MR) is 138 cm³/mol. The number of rotatable bonds is 7. The van der Waals surface area contributed by atoms with Gasteiger partial charge in [-0.25, -0.2) is 0 Å². The third-order valence-electron chi connectivity index (χ3n) is 7.65. The first-order valence-corrected chi connectivity index (χ1v) is 13.4. The summed E-state index contributed by atoms with van der Waals surface area (Å²) >= 11 is 6.82. The van der Waals surface area contributed by atoms with E-state index in [1.165, 1.54) is 50.3 Å². The van der Waals surface area contributed by atoms with E-state index < -0.39 is 0 Å². The van der Waals surface area contributed by atoms with Gasteiger partial charge in [-0.3, -0.25) is 14.5 Å². The first kappa shape index (κ1) is 22.9. The van der Waals surface area contributed by atoms with Gasteiger partial charge < -0.3 is 5.32 Å². The van der Waals surface area contributed by atoms with Crippen LogP contribution in [0, 0.1) is 17.8 Å². The summed E-state index contributed by atoms with van der Waals surface area (Å²) in [7, 11) is 0. The van der Waals surface area contributed by atoms with Crippen molar-refractivity contribution in [1.82, 2.24) is 10.2 Å². The molecule has 6 heteroatoms. The van der Waals surface area contributed by atoms with E-state index in [1.54, 1.807) is 4.90 Å². The van der Waals surface area contributed by atoms with Gasteiger partial charge in [0.25, 0.3) is 5.91 Å². The van der Waals surface area contributed by atoms with Crippen LogP contribution >= 0.6 is 24.0 Å². The van der Waals surface area contributed by atoms with Gasteiger partial charge in [-0.1, -0.05) is 60.4 Å². The van der Waals surface area contributed by atoms with Crippen LogP contribution < -0.4 is 5.32 Å². The Bertz CT molecular complexity index is 979. The quantitative estimate of drug-likeness (QED) is 0.402. The molecular weight excluding hydrogens is 448 g/mol. The molecule has 0 spiro atoms. The molecule has 0 unspecified atom stereocenters. The summed E-state index contributed by atoms with van der Waals surface area (Å²) in [5, 5.41) is 3.43. The molecule has 4 saturated carbocycles. The molecule has 1 N–H and O–H groups in total. The maximum atomic E-state index is 12.9. The second-order valence-corrected chi connectivity index (χ2v) is 12.2. The molecule has 0 aromatic heterocycles. The average molecular weight is 481 g/mol. The normalized spacial score (nSPS) is 32.2. The van der Waals surface area contributed by atoms with Crippen LogP contribution in [-0.2, 0) is 9.59 Å². The van der Waals surface area contributed by atoms with Gasteiger partial charge in [0.1, 0.15) is 4.32 Å². The first-order chi connectivity index (χ1) is 15.9. The van der Waals surface area contributed by atoms with Gasteiger partial charge in [-0.2, -0.15) is 0 Å². The van der Waals surface area contributed by atoms with Gasteiger partial charge in [0.15, 0.2) is 0 Å². The Morgan fingerprint density at radius 1 is 1.15 bits per heavy atom. The molecule has 174 valence electrons. The minimum atomic E-state index is -0.0488.